The second-order valence-corrected chi connectivity index (χ2v) is 6.18. The first-order valence-electron chi connectivity index (χ1n) is 7.79. The van der Waals surface area contributed by atoms with Gasteiger partial charge in [0.1, 0.15) is 5.82 Å². The number of nitrogens with one attached hydrogen (secondary N) is 1. The largest absolute Gasteiger partial charge is 0.303 e. The lowest BCUT2D eigenvalue weighted by Crippen LogP contribution is -2.31. The Hall–Kier alpha value is -1.67. The quantitative estimate of drug-likeness (QED) is 0.858. The van der Waals surface area contributed by atoms with Crippen LogP contribution in [0.2, 0.25) is 0 Å². The number of benzene rings is 2. The van der Waals surface area contributed by atoms with Crippen LogP contribution in [0.25, 0.3) is 0 Å². The molecule has 0 radical (unpaired) electrons. The molecule has 0 saturated heterocycles. The van der Waals surface area contributed by atoms with Gasteiger partial charge in [-0.05, 0) is 48.4 Å². The Morgan fingerprint density at radius 1 is 0.952 bits per heavy atom. The van der Waals surface area contributed by atoms with Gasteiger partial charge in [0.15, 0.2) is 0 Å². The molecule has 0 bridgehead atoms. The van der Waals surface area contributed by atoms with Crippen LogP contribution in [-0.4, -0.2) is 6.04 Å². The molecule has 0 amide bonds. The zero-order valence-electron chi connectivity index (χ0n) is 12.4. The van der Waals surface area contributed by atoms with Crippen LogP contribution in [0.15, 0.2) is 54.6 Å². The summed E-state index contributed by atoms with van der Waals surface area (Å²) in [5.74, 6) is 0.618. The summed E-state index contributed by atoms with van der Waals surface area (Å²) in [5.41, 5.74) is 2.37. The minimum Gasteiger partial charge on any atom is -0.303 e. The Labute approximate surface area is 126 Å². The van der Waals surface area contributed by atoms with E-state index in [-0.39, 0.29) is 11.9 Å². The molecule has 0 heterocycles. The molecule has 2 aromatic carbocycles. The summed E-state index contributed by atoms with van der Waals surface area (Å²) in [6, 6.07) is 18.0. The molecule has 0 aromatic heterocycles. The molecule has 110 valence electrons. The first-order chi connectivity index (χ1) is 10.2. The van der Waals surface area contributed by atoms with Crippen molar-refractivity contribution in [1.29, 1.82) is 0 Å². The molecule has 0 aliphatic heterocycles. The second-order valence-electron chi connectivity index (χ2n) is 6.18. The molecule has 3 rings (SSSR count). The molecule has 1 saturated carbocycles. The molecular weight excluding hydrogens is 261 g/mol. The lowest BCUT2D eigenvalue weighted by molar-refractivity contribution is 0.464. The minimum atomic E-state index is -0.181. The summed E-state index contributed by atoms with van der Waals surface area (Å²) in [4.78, 5) is 0. The smallest absolute Gasteiger partial charge is 0.123 e. The molecule has 3 unspecified atom stereocenters. The molecule has 1 N–H and O–H groups in total. The van der Waals surface area contributed by atoms with Crippen molar-refractivity contribution in [2.24, 2.45) is 5.92 Å². The third kappa shape index (κ3) is 3.51. The van der Waals surface area contributed by atoms with Crippen LogP contribution >= 0.6 is 0 Å². The minimum absolute atomic E-state index is 0.141. The Morgan fingerprint density at radius 2 is 1.62 bits per heavy atom. The standard InChI is InChI=1S/C19H22FN/c1-14-7-12-18(13-14)21-19(15-5-3-2-4-6-15)16-8-10-17(20)11-9-16/h2-6,8-11,14,18-19,21H,7,12-13H2,1H3. The van der Waals surface area contributed by atoms with E-state index in [1.165, 1.54) is 24.8 Å². The summed E-state index contributed by atoms with van der Waals surface area (Å²) < 4.78 is 13.2. The predicted molar refractivity (Wildman–Crippen MR) is 84.6 cm³/mol. The molecule has 1 fully saturated rings. The zero-order valence-corrected chi connectivity index (χ0v) is 12.4. The summed E-state index contributed by atoms with van der Waals surface area (Å²) in [6.07, 6.45) is 3.75. The predicted octanol–water partition coefficient (Wildman–Crippen LogP) is 4.69. The van der Waals surface area contributed by atoms with Crippen LogP contribution in [-0.2, 0) is 0 Å². The van der Waals surface area contributed by atoms with E-state index in [2.05, 4.69) is 36.5 Å². The van der Waals surface area contributed by atoms with Gasteiger partial charge in [-0.15, -0.1) is 0 Å². The van der Waals surface area contributed by atoms with E-state index in [4.69, 9.17) is 0 Å². The molecule has 21 heavy (non-hydrogen) atoms. The zero-order chi connectivity index (χ0) is 14.7. The van der Waals surface area contributed by atoms with Crippen molar-refractivity contribution in [3.8, 4) is 0 Å². The number of hydrogen-bond donors (Lipinski definition) is 1. The molecule has 0 spiro atoms. The average Bonchev–Trinajstić information content (AvgIpc) is 2.92. The monoisotopic (exact) mass is 283 g/mol. The van der Waals surface area contributed by atoms with Gasteiger partial charge in [0, 0.05) is 6.04 Å². The van der Waals surface area contributed by atoms with Gasteiger partial charge < -0.3 is 5.32 Å². The third-order valence-corrected chi connectivity index (χ3v) is 4.43. The van der Waals surface area contributed by atoms with Gasteiger partial charge in [0.2, 0.25) is 0 Å². The summed E-state index contributed by atoms with van der Waals surface area (Å²) >= 11 is 0. The van der Waals surface area contributed by atoms with Crippen molar-refractivity contribution < 1.29 is 4.39 Å². The van der Waals surface area contributed by atoms with Gasteiger partial charge in [-0.1, -0.05) is 49.4 Å². The Balaban J connectivity index is 1.86. The highest BCUT2D eigenvalue weighted by atomic mass is 19.1. The number of rotatable bonds is 4. The lowest BCUT2D eigenvalue weighted by atomic mass is 9.97. The number of halogens is 1. The van der Waals surface area contributed by atoms with Gasteiger partial charge in [0.05, 0.1) is 6.04 Å². The van der Waals surface area contributed by atoms with E-state index in [0.717, 1.165) is 11.5 Å². The molecule has 1 aliphatic carbocycles. The van der Waals surface area contributed by atoms with Crippen LogP contribution in [0.4, 0.5) is 4.39 Å². The van der Waals surface area contributed by atoms with Gasteiger partial charge >= 0.3 is 0 Å². The topological polar surface area (TPSA) is 12.0 Å². The highest BCUT2D eigenvalue weighted by Gasteiger charge is 2.25. The fraction of sp³-hybridized carbons (Fsp3) is 0.368. The van der Waals surface area contributed by atoms with E-state index in [1.54, 1.807) is 12.1 Å². The van der Waals surface area contributed by atoms with Gasteiger partial charge in [0.25, 0.3) is 0 Å². The van der Waals surface area contributed by atoms with Crippen LogP contribution in [0.5, 0.6) is 0 Å². The summed E-state index contributed by atoms with van der Waals surface area (Å²) in [5, 5.41) is 3.78. The van der Waals surface area contributed by atoms with Crippen LogP contribution in [0, 0.1) is 11.7 Å². The van der Waals surface area contributed by atoms with E-state index in [1.807, 2.05) is 18.2 Å². The number of hydrogen-bond acceptors (Lipinski definition) is 1. The normalized spacial score (nSPS) is 23.1. The molecule has 2 aromatic rings. The van der Waals surface area contributed by atoms with Crippen molar-refractivity contribution in [2.45, 2.75) is 38.3 Å². The van der Waals surface area contributed by atoms with E-state index < -0.39 is 0 Å². The molecular formula is C19H22FN. The van der Waals surface area contributed by atoms with Gasteiger partial charge in [-0.3, -0.25) is 0 Å². The average molecular weight is 283 g/mol. The van der Waals surface area contributed by atoms with Crippen molar-refractivity contribution in [1.82, 2.24) is 5.32 Å². The Bertz CT molecular complexity index is 564. The highest BCUT2D eigenvalue weighted by molar-refractivity contribution is 5.32. The van der Waals surface area contributed by atoms with Gasteiger partial charge in [-0.2, -0.15) is 0 Å². The van der Waals surface area contributed by atoms with E-state index in [9.17, 15) is 4.39 Å². The molecule has 3 atom stereocenters. The van der Waals surface area contributed by atoms with Crippen molar-refractivity contribution in [2.75, 3.05) is 0 Å². The SMILES string of the molecule is CC1CCC(NC(c2ccccc2)c2ccc(F)cc2)C1. The molecule has 2 heteroatoms. The fourth-order valence-electron chi connectivity index (χ4n) is 3.28. The molecule has 1 nitrogen and oxygen atoms in total. The van der Waals surface area contributed by atoms with E-state index in [0.29, 0.717) is 6.04 Å². The summed E-state index contributed by atoms with van der Waals surface area (Å²) in [6.45, 7) is 2.32. The highest BCUT2D eigenvalue weighted by Crippen LogP contribution is 2.29. The van der Waals surface area contributed by atoms with Crippen LogP contribution < -0.4 is 5.32 Å². The van der Waals surface area contributed by atoms with Crippen LogP contribution in [0.3, 0.4) is 0 Å². The second kappa shape index (κ2) is 6.40. The first-order valence-corrected chi connectivity index (χ1v) is 7.79. The van der Waals surface area contributed by atoms with Crippen molar-refractivity contribution >= 4 is 0 Å². The fourth-order valence-corrected chi connectivity index (χ4v) is 3.28. The molecule has 1 aliphatic rings. The third-order valence-electron chi connectivity index (χ3n) is 4.43. The van der Waals surface area contributed by atoms with Crippen LogP contribution in [0.1, 0.15) is 43.4 Å². The van der Waals surface area contributed by atoms with E-state index >= 15 is 0 Å². The van der Waals surface area contributed by atoms with Gasteiger partial charge in [-0.25, -0.2) is 4.39 Å². The van der Waals surface area contributed by atoms with Crippen molar-refractivity contribution in [3.63, 3.8) is 0 Å². The Morgan fingerprint density at radius 3 is 2.24 bits per heavy atom. The maximum atomic E-state index is 13.2. The Kier molecular flexibility index (Phi) is 4.35. The maximum Gasteiger partial charge on any atom is 0.123 e. The summed E-state index contributed by atoms with van der Waals surface area (Å²) in [7, 11) is 0. The maximum absolute atomic E-state index is 13.2. The first kappa shape index (κ1) is 14.3. The lowest BCUT2D eigenvalue weighted by Gasteiger charge is -2.24. The van der Waals surface area contributed by atoms with Crippen molar-refractivity contribution in [3.05, 3.63) is 71.5 Å².